The molecule has 3 aromatic rings. The van der Waals surface area contributed by atoms with Gasteiger partial charge in [-0.25, -0.2) is 0 Å². The van der Waals surface area contributed by atoms with E-state index in [1.165, 1.54) is 11.6 Å². The first-order valence-electron chi connectivity index (χ1n) is 11.8. The summed E-state index contributed by atoms with van der Waals surface area (Å²) in [4.78, 5) is 26.3. The predicted octanol–water partition coefficient (Wildman–Crippen LogP) is 4.02. The molecule has 3 aromatic carbocycles. The van der Waals surface area contributed by atoms with Gasteiger partial charge in [-0.1, -0.05) is 54.6 Å². The normalized spacial score (nSPS) is 16.6. The van der Waals surface area contributed by atoms with E-state index in [1.807, 2.05) is 6.07 Å². The lowest BCUT2D eigenvalue weighted by Crippen LogP contribution is -2.55. The number of carbonyl (C=O) groups is 2. The summed E-state index contributed by atoms with van der Waals surface area (Å²) >= 11 is 0. The number of ether oxygens (including phenoxy) is 1. The molecular formula is C28H29N2O4+. The number of benzene rings is 3. The molecule has 0 atom stereocenters. The van der Waals surface area contributed by atoms with Gasteiger partial charge in [-0.05, 0) is 12.1 Å². The van der Waals surface area contributed by atoms with Crippen LogP contribution in [-0.2, 0) is 11.3 Å². The third kappa shape index (κ3) is 4.22. The first kappa shape index (κ1) is 22.3. The Morgan fingerprint density at radius 1 is 0.824 bits per heavy atom. The van der Waals surface area contributed by atoms with Gasteiger partial charge in [-0.3, -0.25) is 9.59 Å². The number of aromatic hydroxyl groups is 1. The summed E-state index contributed by atoms with van der Waals surface area (Å²) in [6, 6.07) is 20.5. The molecule has 34 heavy (non-hydrogen) atoms. The third-order valence-corrected chi connectivity index (χ3v) is 6.96. The molecule has 6 heteroatoms. The zero-order chi connectivity index (χ0) is 23.5. The zero-order valence-corrected chi connectivity index (χ0v) is 19.1. The van der Waals surface area contributed by atoms with E-state index in [0.717, 1.165) is 50.3 Å². The van der Waals surface area contributed by atoms with Gasteiger partial charge in [-0.2, -0.15) is 0 Å². The van der Waals surface area contributed by atoms with Gasteiger partial charge in [0, 0.05) is 35.3 Å². The number of nitrogens with zero attached hydrogens (tertiary/aromatic N) is 1. The molecule has 5 rings (SSSR count). The number of anilines is 1. The van der Waals surface area contributed by atoms with Crippen molar-refractivity contribution in [2.24, 2.45) is 0 Å². The smallest absolute Gasteiger partial charge is 0.198 e. The Labute approximate surface area is 199 Å². The molecule has 0 saturated carbocycles. The van der Waals surface area contributed by atoms with Crippen LogP contribution in [0.15, 0.2) is 66.7 Å². The van der Waals surface area contributed by atoms with E-state index < -0.39 is 0 Å². The first-order valence-corrected chi connectivity index (χ1v) is 11.8. The van der Waals surface area contributed by atoms with Crippen molar-refractivity contribution in [1.82, 2.24) is 0 Å². The fourth-order valence-corrected chi connectivity index (χ4v) is 5.15. The maximum Gasteiger partial charge on any atom is 0.198 e. The molecule has 0 unspecified atom stereocenters. The number of morpholine rings is 1. The Balaban J connectivity index is 1.31. The van der Waals surface area contributed by atoms with Crippen molar-refractivity contribution in [3.8, 4) is 5.75 Å². The minimum absolute atomic E-state index is 0.0921. The number of rotatable bonds is 7. The molecule has 0 amide bonds. The van der Waals surface area contributed by atoms with E-state index in [0.29, 0.717) is 23.4 Å². The van der Waals surface area contributed by atoms with Crippen molar-refractivity contribution >= 4 is 17.3 Å². The largest absolute Gasteiger partial charge is 0.507 e. The van der Waals surface area contributed by atoms with E-state index in [4.69, 9.17) is 4.74 Å². The molecule has 1 heterocycles. The van der Waals surface area contributed by atoms with Crippen LogP contribution in [0.2, 0.25) is 0 Å². The SMILES string of the molecule is O=C1c2ccccc2C(=O)c2c(NCCC[N+]3(Cc4ccccc4)CCOCC3)ccc(O)c21. The molecular weight excluding hydrogens is 428 g/mol. The summed E-state index contributed by atoms with van der Waals surface area (Å²) in [6.45, 7) is 6.11. The second-order valence-corrected chi connectivity index (χ2v) is 9.13. The van der Waals surface area contributed by atoms with Gasteiger partial charge >= 0.3 is 0 Å². The average molecular weight is 458 g/mol. The zero-order valence-electron chi connectivity index (χ0n) is 19.1. The summed E-state index contributed by atoms with van der Waals surface area (Å²) in [5.74, 6) is -0.703. The van der Waals surface area contributed by atoms with Gasteiger partial charge in [0.25, 0.3) is 0 Å². The van der Waals surface area contributed by atoms with Crippen LogP contribution in [0.5, 0.6) is 5.75 Å². The highest BCUT2D eigenvalue weighted by molar-refractivity contribution is 6.31. The molecule has 2 aliphatic rings. The van der Waals surface area contributed by atoms with Gasteiger partial charge in [-0.15, -0.1) is 0 Å². The molecule has 1 aliphatic carbocycles. The molecule has 174 valence electrons. The van der Waals surface area contributed by atoms with Crippen LogP contribution in [0, 0.1) is 0 Å². The van der Waals surface area contributed by atoms with Gasteiger partial charge in [0.1, 0.15) is 25.4 Å². The highest BCUT2D eigenvalue weighted by atomic mass is 16.5. The maximum absolute atomic E-state index is 13.2. The van der Waals surface area contributed by atoms with Crippen LogP contribution in [-0.4, -0.2) is 60.5 Å². The van der Waals surface area contributed by atoms with Gasteiger partial charge in [0.05, 0.1) is 30.9 Å². The van der Waals surface area contributed by atoms with Crippen LogP contribution in [0.3, 0.4) is 0 Å². The Bertz CT molecular complexity index is 1220. The molecule has 1 fully saturated rings. The predicted molar refractivity (Wildman–Crippen MR) is 130 cm³/mol. The number of quaternary nitrogens is 1. The van der Waals surface area contributed by atoms with Gasteiger partial charge in [0.2, 0.25) is 0 Å². The molecule has 6 nitrogen and oxygen atoms in total. The topological polar surface area (TPSA) is 75.6 Å². The van der Waals surface area contributed by atoms with Crippen molar-refractivity contribution < 1.29 is 23.9 Å². The highest BCUT2D eigenvalue weighted by Crippen LogP contribution is 2.37. The number of ketones is 2. The van der Waals surface area contributed by atoms with Crippen molar-refractivity contribution in [1.29, 1.82) is 0 Å². The van der Waals surface area contributed by atoms with E-state index in [1.54, 1.807) is 30.3 Å². The lowest BCUT2D eigenvalue weighted by atomic mass is 9.82. The Morgan fingerprint density at radius 3 is 2.18 bits per heavy atom. The highest BCUT2D eigenvalue weighted by Gasteiger charge is 2.34. The number of fused-ring (bicyclic) bond motifs is 2. The van der Waals surface area contributed by atoms with Gasteiger partial charge < -0.3 is 19.6 Å². The van der Waals surface area contributed by atoms with Crippen LogP contribution in [0.1, 0.15) is 43.8 Å². The van der Waals surface area contributed by atoms with E-state index >= 15 is 0 Å². The Morgan fingerprint density at radius 2 is 1.47 bits per heavy atom. The van der Waals surface area contributed by atoms with Crippen LogP contribution < -0.4 is 5.32 Å². The monoisotopic (exact) mass is 457 g/mol. The molecule has 0 bridgehead atoms. The number of nitrogens with one attached hydrogen (secondary N) is 1. The molecule has 0 spiro atoms. The number of phenols is 1. The average Bonchev–Trinajstić information content (AvgIpc) is 2.87. The van der Waals surface area contributed by atoms with E-state index in [2.05, 4.69) is 29.6 Å². The second kappa shape index (κ2) is 9.41. The third-order valence-electron chi connectivity index (χ3n) is 6.96. The summed E-state index contributed by atoms with van der Waals surface area (Å²) in [5.41, 5.74) is 3.00. The fraction of sp³-hybridized carbons (Fsp3) is 0.286. The van der Waals surface area contributed by atoms with Crippen molar-refractivity contribution in [2.75, 3.05) is 44.7 Å². The number of hydrogen-bond donors (Lipinski definition) is 2. The Hall–Kier alpha value is -3.48. The van der Waals surface area contributed by atoms with Crippen LogP contribution in [0.25, 0.3) is 0 Å². The molecule has 0 aromatic heterocycles. The van der Waals surface area contributed by atoms with E-state index in [9.17, 15) is 14.7 Å². The summed E-state index contributed by atoms with van der Waals surface area (Å²) in [5, 5.41) is 13.8. The van der Waals surface area contributed by atoms with Crippen LogP contribution >= 0.6 is 0 Å². The molecule has 0 radical (unpaired) electrons. The van der Waals surface area contributed by atoms with E-state index in [-0.39, 0.29) is 28.4 Å². The quantitative estimate of drug-likeness (QED) is 0.249. The lowest BCUT2D eigenvalue weighted by Gasteiger charge is -2.41. The maximum atomic E-state index is 13.2. The summed E-state index contributed by atoms with van der Waals surface area (Å²) in [6.07, 6.45) is 0.904. The molecule has 2 N–H and O–H groups in total. The second-order valence-electron chi connectivity index (χ2n) is 9.13. The molecule has 1 aliphatic heterocycles. The minimum atomic E-state index is -0.313. The van der Waals surface area contributed by atoms with Crippen molar-refractivity contribution in [2.45, 2.75) is 13.0 Å². The minimum Gasteiger partial charge on any atom is -0.507 e. The Kier molecular flexibility index (Phi) is 6.18. The number of hydrogen-bond acceptors (Lipinski definition) is 5. The lowest BCUT2D eigenvalue weighted by molar-refractivity contribution is -0.947. The standard InChI is InChI=1S/C28H28N2O4/c31-24-12-11-23(25-26(24)28(33)22-10-5-4-9-21(22)27(25)32)29-13-6-14-30(15-17-34-18-16-30)19-20-7-2-1-3-8-20/h1-5,7-12H,6,13-19H2,(H-,29,31,32,33)/p+1. The van der Waals surface area contributed by atoms with Crippen molar-refractivity contribution in [3.05, 3.63) is 94.5 Å². The summed E-state index contributed by atoms with van der Waals surface area (Å²) in [7, 11) is 0. The number of phenolic OH excluding ortho intramolecular Hbond substituents is 1. The fourth-order valence-electron chi connectivity index (χ4n) is 5.15. The van der Waals surface area contributed by atoms with Gasteiger partial charge in [0.15, 0.2) is 11.6 Å². The summed E-state index contributed by atoms with van der Waals surface area (Å²) < 4.78 is 6.61. The first-order chi connectivity index (χ1) is 16.6. The van der Waals surface area contributed by atoms with Crippen LogP contribution in [0.4, 0.5) is 5.69 Å². The number of carbonyl (C=O) groups excluding carboxylic acids is 2. The molecule has 1 saturated heterocycles. The van der Waals surface area contributed by atoms with Crippen molar-refractivity contribution in [3.63, 3.8) is 0 Å².